The van der Waals surface area contributed by atoms with Crippen LogP contribution in [0.4, 0.5) is 30.7 Å². The fourth-order valence-electron chi connectivity index (χ4n) is 5.59. The maximum atomic E-state index is 15.1. The number of aliphatic hydroxyl groups is 5. The number of aromatic nitrogens is 3. The number of H-pyrrole nitrogens is 1. The van der Waals surface area contributed by atoms with Crippen LogP contribution >= 0.6 is 7.75 Å². The van der Waals surface area contributed by atoms with E-state index in [1.807, 2.05) is 0 Å². The van der Waals surface area contributed by atoms with Crippen LogP contribution in [0.5, 0.6) is 0 Å². The van der Waals surface area contributed by atoms with E-state index in [0.717, 1.165) is 6.07 Å². The van der Waals surface area contributed by atoms with E-state index in [-0.39, 0.29) is 53.7 Å². The van der Waals surface area contributed by atoms with Gasteiger partial charge in [0.2, 0.25) is 0 Å². The molecule has 1 aliphatic rings. The molecule has 0 bridgehead atoms. The number of aromatic amines is 1. The van der Waals surface area contributed by atoms with E-state index in [1.165, 1.54) is 24.0 Å². The average molecular weight is 808 g/mol. The van der Waals surface area contributed by atoms with Crippen molar-refractivity contribution in [2.24, 2.45) is 0 Å². The van der Waals surface area contributed by atoms with Crippen LogP contribution < -0.4 is 11.0 Å². The summed E-state index contributed by atoms with van der Waals surface area (Å²) in [4.78, 5) is 34.8. The first-order valence-electron chi connectivity index (χ1n) is 15.9. The largest absolute Gasteiger partial charge is 0.454 e. The number of nitrogens with one attached hydrogen (secondary N) is 2. The predicted molar refractivity (Wildman–Crippen MR) is 168 cm³/mol. The number of rotatable bonds is 15. The maximum Gasteiger partial charge on any atom is 0.454 e. The van der Waals surface area contributed by atoms with Gasteiger partial charge >= 0.3 is 25.8 Å². The molecule has 0 amide bonds. The van der Waals surface area contributed by atoms with Crippen LogP contribution in [0.2, 0.25) is 0 Å². The first-order valence-corrected chi connectivity index (χ1v) is 17.4. The van der Waals surface area contributed by atoms with Crippen LogP contribution in [0.25, 0.3) is 0 Å². The van der Waals surface area contributed by atoms with Gasteiger partial charge < -0.3 is 50.1 Å². The zero-order valence-electron chi connectivity index (χ0n) is 27.9. The van der Waals surface area contributed by atoms with Crippen LogP contribution in [-0.4, -0.2) is 112 Å². The SMILES string of the molecule is C[C@@H](O[C@H]1OCCN(Cc2nn(P(=O)(O)O)c(=O)[nH]2)C1c1ccc(F)c(CNC[C@H](O)[C@@H](O)[C@H](O)[C@H](O)CO)c1)c1cc(C(F)(F)F)cc(C(F)(F)F)c1. The molecule has 1 aromatic heterocycles. The molecule has 54 heavy (non-hydrogen) atoms. The Morgan fingerprint density at radius 1 is 1.02 bits per heavy atom. The van der Waals surface area contributed by atoms with Crippen LogP contribution in [-0.2, 0) is 39.5 Å². The van der Waals surface area contributed by atoms with E-state index < -0.39 is 104 Å². The summed E-state index contributed by atoms with van der Waals surface area (Å²) in [5.41, 5.74) is -4.90. The second kappa shape index (κ2) is 17.2. The molecule has 9 N–H and O–H groups in total. The fourth-order valence-corrected chi connectivity index (χ4v) is 6.10. The zero-order chi connectivity index (χ0) is 40.3. The number of benzene rings is 2. The minimum absolute atomic E-state index is 0.0253. The van der Waals surface area contributed by atoms with E-state index >= 15 is 4.39 Å². The number of alkyl halides is 6. The van der Waals surface area contributed by atoms with E-state index in [2.05, 4.69) is 15.4 Å². The van der Waals surface area contributed by atoms with Gasteiger partial charge in [-0.05, 0) is 48.4 Å². The second-order valence-electron chi connectivity index (χ2n) is 12.3. The third-order valence-electron chi connectivity index (χ3n) is 8.38. The summed E-state index contributed by atoms with van der Waals surface area (Å²) < 4.78 is 120. The molecule has 0 spiro atoms. The molecule has 1 unspecified atom stereocenters. The van der Waals surface area contributed by atoms with Crippen molar-refractivity contribution in [3.63, 3.8) is 0 Å². The Morgan fingerprint density at radius 2 is 1.63 bits per heavy atom. The lowest BCUT2D eigenvalue weighted by atomic mass is 9.99. The first kappa shape index (κ1) is 43.4. The van der Waals surface area contributed by atoms with Gasteiger partial charge in [0.15, 0.2) is 6.29 Å². The van der Waals surface area contributed by atoms with Crippen LogP contribution in [0, 0.1) is 5.82 Å². The van der Waals surface area contributed by atoms with Crippen LogP contribution in [0.3, 0.4) is 0 Å². The molecule has 0 saturated carbocycles. The molecule has 1 fully saturated rings. The molecule has 2 aromatic carbocycles. The van der Waals surface area contributed by atoms with Crippen molar-refractivity contribution in [3.8, 4) is 0 Å². The van der Waals surface area contributed by atoms with Crippen LogP contribution in [0.1, 0.15) is 52.7 Å². The molecule has 1 aliphatic heterocycles. The summed E-state index contributed by atoms with van der Waals surface area (Å²) in [6.45, 7) is -1.15. The molecule has 3 aromatic rings. The van der Waals surface area contributed by atoms with Crippen molar-refractivity contribution >= 4 is 7.75 Å². The smallest absolute Gasteiger partial charge is 0.394 e. The third-order valence-corrected chi connectivity index (χ3v) is 9.15. The lowest BCUT2D eigenvalue weighted by molar-refractivity contribution is -0.231. The van der Waals surface area contributed by atoms with Gasteiger partial charge in [0, 0.05) is 25.2 Å². The highest BCUT2D eigenvalue weighted by molar-refractivity contribution is 7.49. The Kier molecular flexibility index (Phi) is 13.8. The molecule has 302 valence electrons. The highest BCUT2D eigenvalue weighted by atomic mass is 31.2. The summed E-state index contributed by atoms with van der Waals surface area (Å²) in [5, 5.41) is 54.9. The number of morpholine rings is 1. The molecular formula is C30H37F7N5O11P. The van der Waals surface area contributed by atoms with E-state index in [9.17, 15) is 65.9 Å². The second-order valence-corrected chi connectivity index (χ2v) is 13.7. The number of halogens is 7. The van der Waals surface area contributed by atoms with Crippen molar-refractivity contribution in [1.82, 2.24) is 24.8 Å². The van der Waals surface area contributed by atoms with Crippen molar-refractivity contribution in [3.05, 3.63) is 86.3 Å². The minimum atomic E-state index is -5.19. The highest BCUT2D eigenvalue weighted by Gasteiger charge is 2.40. The Labute approximate surface area is 300 Å². The first-order chi connectivity index (χ1) is 25.0. The average Bonchev–Trinajstić information content (AvgIpc) is 3.47. The Morgan fingerprint density at radius 3 is 2.19 bits per heavy atom. The van der Waals surface area contributed by atoms with Crippen LogP contribution in [0.15, 0.2) is 41.2 Å². The maximum absolute atomic E-state index is 15.1. The van der Waals surface area contributed by atoms with E-state index in [0.29, 0.717) is 12.1 Å². The number of nitrogens with zero attached hydrogens (tertiary/aromatic N) is 3. The Hall–Kier alpha value is -3.32. The molecule has 4 rings (SSSR count). The predicted octanol–water partition coefficient (Wildman–Crippen LogP) is 0.892. The summed E-state index contributed by atoms with van der Waals surface area (Å²) in [5.74, 6) is -1.08. The summed E-state index contributed by atoms with van der Waals surface area (Å²) >= 11 is 0. The van der Waals surface area contributed by atoms with Crippen molar-refractivity contribution < 1.29 is 80.1 Å². The molecule has 16 nitrogen and oxygen atoms in total. The van der Waals surface area contributed by atoms with Crippen molar-refractivity contribution in [2.75, 3.05) is 26.3 Å². The molecule has 2 heterocycles. The van der Waals surface area contributed by atoms with Gasteiger partial charge in [-0.15, -0.1) is 9.55 Å². The molecule has 0 radical (unpaired) electrons. The fraction of sp³-hybridized carbons (Fsp3) is 0.533. The van der Waals surface area contributed by atoms with Crippen molar-refractivity contribution in [2.45, 2.75) is 75.2 Å². The summed E-state index contributed by atoms with van der Waals surface area (Å²) in [7, 11) is -5.19. The van der Waals surface area contributed by atoms with Gasteiger partial charge in [-0.1, -0.05) is 6.07 Å². The number of hydrogen-bond donors (Lipinski definition) is 9. The van der Waals surface area contributed by atoms with Crippen molar-refractivity contribution in [1.29, 1.82) is 0 Å². The lowest BCUT2D eigenvalue weighted by Gasteiger charge is -2.41. The quantitative estimate of drug-likeness (QED) is 0.0766. The molecule has 1 saturated heterocycles. The van der Waals surface area contributed by atoms with Gasteiger partial charge in [-0.2, -0.15) is 26.3 Å². The number of hydrogen-bond acceptors (Lipinski definition) is 12. The normalized spacial score (nSPS) is 20.4. The Bertz CT molecular complexity index is 1810. The Balaban J connectivity index is 1.68. The molecule has 0 aliphatic carbocycles. The minimum Gasteiger partial charge on any atom is -0.394 e. The monoisotopic (exact) mass is 807 g/mol. The van der Waals surface area contributed by atoms with Gasteiger partial charge in [-0.3, -0.25) is 9.88 Å². The third kappa shape index (κ3) is 10.7. The van der Waals surface area contributed by atoms with E-state index in [4.69, 9.17) is 14.6 Å². The summed E-state index contributed by atoms with van der Waals surface area (Å²) in [6.07, 6.45) is -20.7. The summed E-state index contributed by atoms with van der Waals surface area (Å²) in [6, 6.07) is 3.23. The topological polar surface area (TPSA) is 243 Å². The van der Waals surface area contributed by atoms with Gasteiger partial charge in [0.1, 0.15) is 30.0 Å². The molecular weight excluding hydrogens is 770 g/mol. The molecule has 7 atom stereocenters. The molecule has 24 heteroatoms. The number of aliphatic hydroxyl groups excluding tert-OH is 5. The highest BCUT2D eigenvalue weighted by Crippen LogP contribution is 2.40. The number of ether oxygens (including phenoxy) is 2. The standard InChI is InChI=1S/C30H37F7N5O11P/c1-14(16-7-18(29(32,33)34)9-19(8-16)30(35,36)37)53-27-24(41(4-5-52-27)12-23-39-28(48)42(40-23)54(49,50)51)15-2-3-20(31)17(6-15)10-38-11-21(44)25(46)26(47)22(45)13-43/h2-3,6-9,14,21-22,24-27,38,43-47H,4-5,10-13H2,1H3,(H,39,40,48)(H2,49,50,51)/t14-,21+,22-,24?,25-,26-,27-/m1/s1. The van der Waals surface area contributed by atoms with Gasteiger partial charge in [0.05, 0.1) is 49.1 Å². The lowest BCUT2D eigenvalue weighted by Crippen LogP contribution is -2.49. The van der Waals surface area contributed by atoms with Gasteiger partial charge in [-0.25, -0.2) is 13.8 Å². The zero-order valence-corrected chi connectivity index (χ0v) is 28.8. The van der Waals surface area contributed by atoms with Gasteiger partial charge in [0.25, 0.3) is 0 Å². The van der Waals surface area contributed by atoms with E-state index in [1.54, 1.807) is 0 Å².